The molecule has 0 spiro atoms. The number of carboxylic acid groups (broad SMARTS) is 1. The van der Waals surface area contributed by atoms with Crippen LogP contribution in [0, 0.1) is 17.6 Å². The Bertz CT molecular complexity index is 972. The highest BCUT2D eigenvalue weighted by molar-refractivity contribution is 5.75. The van der Waals surface area contributed by atoms with Crippen molar-refractivity contribution in [3.63, 3.8) is 0 Å². The van der Waals surface area contributed by atoms with Crippen LogP contribution in [0.25, 0.3) is 0 Å². The van der Waals surface area contributed by atoms with Crippen LogP contribution in [-0.2, 0) is 25.5 Å². The van der Waals surface area contributed by atoms with Crippen molar-refractivity contribution in [3.05, 3.63) is 35.4 Å². The number of amides is 2. The Morgan fingerprint density at radius 3 is 2.29 bits per heavy atom. The van der Waals surface area contributed by atoms with Gasteiger partial charge < -0.3 is 24.4 Å². The fourth-order valence-electron chi connectivity index (χ4n) is 5.33. The molecule has 8 nitrogen and oxygen atoms in total. The van der Waals surface area contributed by atoms with Crippen LogP contribution in [-0.4, -0.2) is 68.9 Å². The average Bonchev–Trinajstić information content (AvgIpc) is 3.16. The molecule has 2 saturated heterocycles. The summed E-state index contributed by atoms with van der Waals surface area (Å²) < 4.78 is 39.8. The van der Waals surface area contributed by atoms with Crippen LogP contribution in [0.5, 0.6) is 0 Å². The van der Waals surface area contributed by atoms with Crippen LogP contribution >= 0.6 is 0 Å². The predicted octanol–water partition coefficient (Wildman–Crippen LogP) is 3.96. The minimum absolute atomic E-state index is 0.0879. The van der Waals surface area contributed by atoms with Crippen molar-refractivity contribution in [3.8, 4) is 0 Å². The molecule has 10 heteroatoms. The molecule has 2 heterocycles. The Hall–Kier alpha value is -2.75. The summed E-state index contributed by atoms with van der Waals surface area (Å²) >= 11 is 0. The molecular weight excluding hydrogens is 462 g/mol. The Morgan fingerprint density at radius 2 is 1.77 bits per heavy atom. The SMILES string of the molecule is CC(=O)N1[C@@H](Cc2cc(F)cc(F)c2)[C@@H](C2CC(CC(=O)O)CN2C(=O)OC(C)(C)C)OC1(C)C. The molecule has 2 aliphatic rings. The van der Waals surface area contributed by atoms with Gasteiger partial charge >= 0.3 is 12.1 Å². The van der Waals surface area contributed by atoms with Crippen molar-refractivity contribution < 1.29 is 37.7 Å². The standard InChI is InChI=1S/C25H34F2N2O6/c1-14(30)29-20(9-15-7-17(26)12-18(27)8-15)22(34-25(29,5)6)19-10-16(11-21(31)32)13-28(19)23(33)35-24(2,3)4/h7-8,12,16,19-20,22H,9-11,13H2,1-6H3,(H,31,32)/t16?,19?,20-,22+/m0/s1. The van der Waals surface area contributed by atoms with Gasteiger partial charge in [-0.1, -0.05) is 0 Å². The smallest absolute Gasteiger partial charge is 0.410 e. The first-order chi connectivity index (χ1) is 16.1. The number of likely N-dealkylation sites (tertiary alicyclic amines) is 1. The van der Waals surface area contributed by atoms with Gasteiger partial charge in [0.15, 0.2) is 0 Å². The molecule has 35 heavy (non-hydrogen) atoms. The Balaban J connectivity index is 2.00. The number of ether oxygens (including phenoxy) is 2. The molecule has 0 aliphatic carbocycles. The van der Waals surface area contributed by atoms with Gasteiger partial charge in [-0.3, -0.25) is 9.59 Å². The molecule has 0 saturated carbocycles. The van der Waals surface area contributed by atoms with Gasteiger partial charge in [-0.15, -0.1) is 0 Å². The molecule has 2 unspecified atom stereocenters. The zero-order chi connectivity index (χ0) is 26.3. The Morgan fingerprint density at radius 1 is 1.17 bits per heavy atom. The first-order valence-corrected chi connectivity index (χ1v) is 11.7. The predicted molar refractivity (Wildman–Crippen MR) is 122 cm³/mol. The monoisotopic (exact) mass is 496 g/mol. The van der Waals surface area contributed by atoms with E-state index in [0.29, 0.717) is 12.0 Å². The van der Waals surface area contributed by atoms with Crippen LogP contribution in [0.3, 0.4) is 0 Å². The van der Waals surface area contributed by atoms with Gasteiger partial charge in [-0.2, -0.15) is 0 Å². The van der Waals surface area contributed by atoms with E-state index in [-0.39, 0.29) is 31.2 Å². The summed E-state index contributed by atoms with van der Waals surface area (Å²) in [5, 5.41) is 9.34. The third-order valence-electron chi connectivity index (χ3n) is 6.32. The van der Waals surface area contributed by atoms with Crippen molar-refractivity contribution in [1.29, 1.82) is 0 Å². The maximum atomic E-state index is 13.9. The highest BCUT2D eigenvalue weighted by Gasteiger charge is 2.55. The second-order valence-electron chi connectivity index (χ2n) is 10.9. The molecule has 0 aromatic heterocycles. The molecule has 3 rings (SSSR count). The van der Waals surface area contributed by atoms with E-state index in [4.69, 9.17) is 9.47 Å². The third kappa shape index (κ3) is 6.28. The summed E-state index contributed by atoms with van der Waals surface area (Å²) in [6.45, 7) is 10.2. The van der Waals surface area contributed by atoms with Gasteiger partial charge in [0.25, 0.3) is 0 Å². The van der Waals surface area contributed by atoms with Gasteiger partial charge in [0.05, 0.1) is 12.1 Å². The highest BCUT2D eigenvalue weighted by Crippen LogP contribution is 2.41. The van der Waals surface area contributed by atoms with Gasteiger partial charge in [-0.25, -0.2) is 13.6 Å². The van der Waals surface area contributed by atoms with Crippen molar-refractivity contribution >= 4 is 18.0 Å². The number of benzene rings is 1. The third-order valence-corrected chi connectivity index (χ3v) is 6.32. The lowest BCUT2D eigenvalue weighted by Gasteiger charge is -2.34. The van der Waals surface area contributed by atoms with E-state index in [9.17, 15) is 28.3 Å². The van der Waals surface area contributed by atoms with Crippen molar-refractivity contribution in [2.24, 2.45) is 5.92 Å². The van der Waals surface area contributed by atoms with Crippen LogP contribution < -0.4 is 0 Å². The Kier molecular flexibility index (Phi) is 7.45. The maximum absolute atomic E-state index is 13.9. The molecule has 0 radical (unpaired) electrons. The van der Waals surface area contributed by atoms with Crippen LogP contribution in [0.4, 0.5) is 13.6 Å². The number of hydrogen-bond acceptors (Lipinski definition) is 5. The number of hydrogen-bond donors (Lipinski definition) is 1. The fraction of sp³-hybridized carbons (Fsp3) is 0.640. The van der Waals surface area contributed by atoms with Crippen LogP contribution in [0.1, 0.15) is 59.9 Å². The number of aliphatic carboxylic acids is 1. The summed E-state index contributed by atoms with van der Waals surface area (Å²) in [5.41, 5.74) is -1.49. The number of halogens is 2. The highest BCUT2D eigenvalue weighted by atomic mass is 19.1. The maximum Gasteiger partial charge on any atom is 0.410 e. The second-order valence-corrected chi connectivity index (χ2v) is 10.9. The van der Waals surface area contributed by atoms with Crippen LogP contribution in [0.2, 0.25) is 0 Å². The van der Waals surface area contributed by atoms with E-state index in [2.05, 4.69) is 0 Å². The molecule has 2 fully saturated rings. The molecule has 1 N–H and O–H groups in total. The molecule has 194 valence electrons. The Labute approximate surface area is 204 Å². The van der Waals surface area contributed by atoms with Crippen LogP contribution in [0.15, 0.2) is 18.2 Å². The van der Waals surface area contributed by atoms with Gasteiger partial charge in [0.2, 0.25) is 5.91 Å². The van der Waals surface area contributed by atoms with E-state index < -0.39 is 53.2 Å². The molecule has 2 amide bonds. The minimum atomic E-state index is -1.06. The van der Waals surface area contributed by atoms with Gasteiger partial charge in [0, 0.05) is 26.0 Å². The zero-order valence-corrected chi connectivity index (χ0v) is 21.0. The number of carbonyl (C=O) groups is 3. The van der Waals surface area contributed by atoms with E-state index >= 15 is 0 Å². The van der Waals surface area contributed by atoms with Crippen molar-refractivity contribution in [2.75, 3.05) is 6.54 Å². The lowest BCUT2D eigenvalue weighted by atomic mass is 9.92. The quantitative estimate of drug-likeness (QED) is 0.663. The molecule has 0 bridgehead atoms. The largest absolute Gasteiger partial charge is 0.481 e. The molecule has 1 aromatic carbocycles. The van der Waals surface area contributed by atoms with E-state index in [1.54, 1.807) is 34.6 Å². The van der Waals surface area contributed by atoms with Crippen molar-refractivity contribution in [1.82, 2.24) is 9.80 Å². The van der Waals surface area contributed by atoms with Gasteiger partial charge in [0.1, 0.15) is 29.1 Å². The second kappa shape index (κ2) is 9.72. The summed E-state index contributed by atoms with van der Waals surface area (Å²) in [6, 6.07) is 1.94. The molecular formula is C25H34F2N2O6. The van der Waals surface area contributed by atoms with E-state index in [0.717, 1.165) is 6.07 Å². The summed E-state index contributed by atoms with van der Waals surface area (Å²) in [5.74, 6) is -3.08. The minimum Gasteiger partial charge on any atom is -0.481 e. The molecule has 4 atom stereocenters. The average molecular weight is 497 g/mol. The normalized spacial score (nSPS) is 26.2. The number of rotatable bonds is 5. The summed E-state index contributed by atoms with van der Waals surface area (Å²) in [7, 11) is 0. The number of carboxylic acids is 1. The van der Waals surface area contributed by atoms with Crippen molar-refractivity contribution in [2.45, 2.75) is 90.3 Å². The fourth-order valence-corrected chi connectivity index (χ4v) is 5.33. The first-order valence-electron chi connectivity index (χ1n) is 11.7. The molecule has 1 aromatic rings. The number of carbonyl (C=O) groups excluding carboxylic acids is 2. The molecule has 2 aliphatic heterocycles. The number of nitrogens with zero attached hydrogens (tertiary/aromatic N) is 2. The zero-order valence-electron chi connectivity index (χ0n) is 21.0. The first kappa shape index (κ1) is 26.8. The summed E-state index contributed by atoms with van der Waals surface area (Å²) in [6.07, 6.45) is -1.06. The van der Waals surface area contributed by atoms with E-state index in [1.165, 1.54) is 28.9 Å². The lowest BCUT2D eigenvalue weighted by Crippen LogP contribution is -2.52. The summed E-state index contributed by atoms with van der Waals surface area (Å²) in [4.78, 5) is 40.2. The lowest BCUT2D eigenvalue weighted by molar-refractivity contribution is -0.146. The topological polar surface area (TPSA) is 96.4 Å². The van der Waals surface area contributed by atoms with Gasteiger partial charge in [-0.05, 0) is 71.1 Å². The van der Waals surface area contributed by atoms with E-state index in [1.807, 2.05) is 0 Å².